The fraction of sp³-hybridized carbons (Fsp3) is 0.667. The average molecular weight is 207 g/mol. The third-order valence-corrected chi connectivity index (χ3v) is 2.08. The first-order chi connectivity index (χ1) is 6.49. The monoisotopic (exact) mass is 207 g/mol. The maximum absolute atomic E-state index is 11.7. The standard InChI is InChI=1S/C9H12F3NO/c10-9(11,12)5-4-8(14)13-6-2-1-3-7-13/h4-5H,1-3,6-7H2. The summed E-state index contributed by atoms with van der Waals surface area (Å²) in [6.07, 6.45) is -0.995. The van der Waals surface area contributed by atoms with E-state index < -0.39 is 12.1 Å². The molecule has 5 heteroatoms. The predicted octanol–water partition coefficient (Wildman–Crippen LogP) is 2.12. The zero-order valence-electron chi connectivity index (χ0n) is 7.68. The summed E-state index contributed by atoms with van der Waals surface area (Å²) < 4.78 is 35.2. The number of carbonyl (C=O) groups is 1. The van der Waals surface area contributed by atoms with Crippen LogP contribution in [0.2, 0.25) is 0 Å². The van der Waals surface area contributed by atoms with E-state index in [0.717, 1.165) is 19.3 Å². The largest absolute Gasteiger partial charge is 0.409 e. The van der Waals surface area contributed by atoms with Crippen LogP contribution >= 0.6 is 0 Å². The molecule has 0 aromatic rings. The molecule has 1 saturated heterocycles. The quantitative estimate of drug-likeness (QED) is 0.603. The van der Waals surface area contributed by atoms with E-state index in [2.05, 4.69) is 0 Å². The van der Waals surface area contributed by atoms with Gasteiger partial charge in [0.2, 0.25) is 5.91 Å². The van der Waals surface area contributed by atoms with Crippen LogP contribution in [0.15, 0.2) is 12.2 Å². The van der Waals surface area contributed by atoms with Gasteiger partial charge in [-0.05, 0) is 19.3 Å². The molecule has 0 unspecified atom stereocenters. The minimum absolute atomic E-state index is 0.00998. The Balaban J connectivity index is 2.44. The van der Waals surface area contributed by atoms with E-state index in [4.69, 9.17) is 0 Å². The number of hydrogen-bond acceptors (Lipinski definition) is 1. The number of allylic oxidation sites excluding steroid dienone is 1. The molecule has 0 radical (unpaired) electrons. The van der Waals surface area contributed by atoms with Gasteiger partial charge in [-0.15, -0.1) is 0 Å². The van der Waals surface area contributed by atoms with Crippen molar-refractivity contribution >= 4 is 5.91 Å². The average Bonchev–Trinajstić information content (AvgIpc) is 2.14. The van der Waals surface area contributed by atoms with Crippen LogP contribution in [0.5, 0.6) is 0 Å². The number of nitrogens with zero attached hydrogens (tertiary/aromatic N) is 1. The summed E-state index contributed by atoms with van der Waals surface area (Å²) in [5.41, 5.74) is 0. The van der Waals surface area contributed by atoms with Crippen molar-refractivity contribution in [1.29, 1.82) is 0 Å². The maximum Gasteiger partial charge on any atom is 0.409 e. The number of hydrogen-bond donors (Lipinski definition) is 0. The van der Waals surface area contributed by atoms with Crippen LogP contribution in [0.1, 0.15) is 19.3 Å². The van der Waals surface area contributed by atoms with Crippen molar-refractivity contribution in [3.05, 3.63) is 12.2 Å². The number of amides is 1. The fourth-order valence-corrected chi connectivity index (χ4v) is 1.39. The first-order valence-electron chi connectivity index (χ1n) is 4.54. The third kappa shape index (κ3) is 3.81. The number of piperidine rings is 1. The first-order valence-corrected chi connectivity index (χ1v) is 4.54. The Labute approximate surface area is 80.4 Å². The van der Waals surface area contributed by atoms with Gasteiger partial charge in [0.05, 0.1) is 0 Å². The lowest BCUT2D eigenvalue weighted by molar-refractivity contribution is -0.127. The van der Waals surface area contributed by atoms with Gasteiger partial charge in [0, 0.05) is 25.2 Å². The van der Waals surface area contributed by atoms with Gasteiger partial charge in [-0.1, -0.05) is 0 Å². The van der Waals surface area contributed by atoms with E-state index in [1.54, 1.807) is 0 Å². The van der Waals surface area contributed by atoms with Gasteiger partial charge in [-0.3, -0.25) is 4.79 Å². The predicted molar refractivity (Wildman–Crippen MR) is 45.6 cm³/mol. The van der Waals surface area contributed by atoms with E-state index in [1.807, 2.05) is 0 Å². The van der Waals surface area contributed by atoms with Crippen molar-refractivity contribution in [3.8, 4) is 0 Å². The lowest BCUT2D eigenvalue weighted by atomic mass is 10.1. The Kier molecular flexibility index (Phi) is 3.55. The molecule has 0 atom stereocenters. The molecule has 2 nitrogen and oxygen atoms in total. The molecule has 80 valence electrons. The SMILES string of the molecule is O=C(C=CC(F)(F)F)N1CCCCC1. The number of halogens is 3. The van der Waals surface area contributed by atoms with E-state index in [0.29, 0.717) is 19.2 Å². The van der Waals surface area contributed by atoms with E-state index in [9.17, 15) is 18.0 Å². The summed E-state index contributed by atoms with van der Waals surface area (Å²) in [4.78, 5) is 12.6. The molecule has 0 spiro atoms. The van der Waals surface area contributed by atoms with Crippen molar-refractivity contribution in [2.24, 2.45) is 0 Å². The van der Waals surface area contributed by atoms with Gasteiger partial charge < -0.3 is 4.90 Å². The van der Waals surface area contributed by atoms with Crippen LogP contribution in [-0.4, -0.2) is 30.1 Å². The summed E-state index contributed by atoms with van der Waals surface area (Å²) in [5, 5.41) is 0. The second kappa shape index (κ2) is 4.48. The molecule has 1 rings (SSSR count). The van der Waals surface area contributed by atoms with Gasteiger partial charge in [0.25, 0.3) is 0 Å². The van der Waals surface area contributed by atoms with Crippen LogP contribution in [0.4, 0.5) is 13.2 Å². The number of rotatable bonds is 1. The topological polar surface area (TPSA) is 20.3 Å². The van der Waals surface area contributed by atoms with Crippen molar-refractivity contribution in [1.82, 2.24) is 4.90 Å². The Morgan fingerprint density at radius 1 is 1.14 bits per heavy atom. The molecule has 0 bridgehead atoms. The molecule has 0 saturated carbocycles. The Bertz CT molecular complexity index is 229. The van der Waals surface area contributed by atoms with Crippen molar-refractivity contribution in [2.45, 2.75) is 25.4 Å². The zero-order valence-corrected chi connectivity index (χ0v) is 7.68. The minimum atomic E-state index is -4.40. The van der Waals surface area contributed by atoms with E-state index >= 15 is 0 Å². The van der Waals surface area contributed by atoms with E-state index in [-0.39, 0.29) is 6.08 Å². The highest BCUT2D eigenvalue weighted by atomic mass is 19.4. The Morgan fingerprint density at radius 3 is 2.21 bits per heavy atom. The molecular formula is C9H12F3NO. The normalized spacial score (nSPS) is 18.9. The van der Waals surface area contributed by atoms with Gasteiger partial charge in [-0.25, -0.2) is 0 Å². The van der Waals surface area contributed by atoms with Crippen LogP contribution in [-0.2, 0) is 4.79 Å². The third-order valence-electron chi connectivity index (χ3n) is 2.08. The van der Waals surface area contributed by atoms with Crippen molar-refractivity contribution < 1.29 is 18.0 Å². The van der Waals surface area contributed by atoms with Crippen LogP contribution in [0, 0.1) is 0 Å². The molecule has 1 aliphatic rings. The lowest BCUT2D eigenvalue weighted by Crippen LogP contribution is -2.34. The van der Waals surface area contributed by atoms with Crippen molar-refractivity contribution in [2.75, 3.05) is 13.1 Å². The van der Waals surface area contributed by atoms with Gasteiger partial charge in [0.15, 0.2) is 0 Å². The highest BCUT2D eigenvalue weighted by Crippen LogP contribution is 2.16. The molecule has 1 aliphatic heterocycles. The maximum atomic E-state index is 11.7. The van der Waals surface area contributed by atoms with Crippen LogP contribution < -0.4 is 0 Å². The molecule has 0 aromatic carbocycles. The van der Waals surface area contributed by atoms with Gasteiger partial charge in [-0.2, -0.15) is 13.2 Å². The summed E-state index contributed by atoms with van der Waals surface area (Å²) >= 11 is 0. The van der Waals surface area contributed by atoms with Crippen molar-refractivity contribution in [3.63, 3.8) is 0 Å². The van der Waals surface area contributed by atoms with Crippen LogP contribution in [0.25, 0.3) is 0 Å². The molecule has 14 heavy (non-hydrogen) atoms. The number of carbonyl (C=O) groups excluding carboxylic acids is 1. The fourth-order valence-electron chi connectivity index (χ4n) is 1.39. The smallest absolute Gasteiger partial charge is 0.339 e. The second-order valence-electron chi connectivity index (χ2n) is 3.26. The highest BCUT2D eigenvalue weighted by molar-refractivity contribution is 5.87. The second-order valence-corrected chi connectivity index (χ2v) is 3.26. The zero-order chi connectivity index (χ0) is 10.6. The minimum Gasteiger partial charge on any atom is -0.339 e. The Hall–Kier alpha value is -1.00. The molecule has 0 N–H and O–H groups in total. The molecule has 0 aromatic heterocycles. The number of likely N-dealkylation sites (tertiary alicyclic amines) is 1. The summed E-state index contributed by atoms with van der Waals surface area (Å²) in [6.45, 7) is 1.14. The van der Waals surface area contributed by atoms with E-state index in [1.165, 1.54) is 4.90 Å². The molecule has 1 amide bonds. The molecular weight excluding hydrogens is 195 g/mol. The molecule has 0 aliphatic carbocycles. The Morgan fingerprint density at radius 2 is 1.71 bits per heavy atom. The van der Waals surface area contributed by atoms with Crippen LogP contribution in [0.3, 0.4) is 0 Å². The first kappa shape index (κ1) is 11.1. The molecule has 1 heterocycles. The highest BCUT2D eigenvalue weighted by Gasteiger charge is 2.23. The van der Waals surface area contributed by atoms with Gasteiger partial charge >= 0.3 is 6.18 Å². The number of alkyl halides is 3. The molecule has 1 fully saturated rings. The summed E-state index contributed by atoms with van der Waals surface area (Å²) in [7, 11) is 0. The van der Waals surface area contributed by atoms with Gasteiger partial charge in [0.1, 0.15) is 0 Å². The summed E-state index contributed by atoms with van der Waals surface area (Å²) in [5.74, 6) is -0.540. The summed E-state index contributed by atoms with van der Waals surface area (Å²) in [6, 6.07) is 0. The lowest BCUT2D eigenvalue weighted by Gasteiger charge is -2.25.